The van der Waals surface area contributed by atoms with E-state index in [4.69, 9.17) is 10.00 Å². The van der Waals surface area contributed by atoms with Crippen LogP contribution < -0.4 is 4.80 Å². The van der Waals surface area contributed by atoms with E-state index in [1.165, 1.54) is 24.0 Å². The monoisotopic (exact) mass is 393 g/mol. The smallest absolute Gasteiger partial charge is 0.307 e. The molecule has 0 unspecified atom stereocenters. The quantitative estimate of drug-likeness (QED) is 0.622. The predicted molar refractivity (Wildman–Crippen MR) is 107 cm³/mol. The average molecular weight is 393 g/mol. The van der Waals surface area contributed by atoms with Crippen LogP contribution in [0.5, 0.6) is 0 Å². The molecule has 7 heteroatoms. The molecule has 1 aromatic heterocycles. The van der Waals surface area contributed by atoms with Crippen LogP contribution in [0.4, 0.5) is 0 Å². The third kappa shape index (κ3) is 4.18. The van der Waals surface area contributed by atoms with Crippen molar-refractivity contribution in [1.29, 1.82) is 5.26 Å². The van der Waals surface area contributed by atoms with Gasteiger partial charge in [-0.1, -0.05) is 24.3 Å². The second-order valence-corrected chi connectivity index (χ2v) is 7.13. The van der Waals surface area contributed by atoms with Gasteiger partial charge in [0.1, 0.15) is 0 Å². The van der Waals surface area contributed by atoms with Crippen molar-refractivity contribution in [2.24, 2.45) is 4.99 Å². The van der Waals surface area contributed by atoms with Crippen molar-refractivity contribution in [3.63, 3.8) is 0 Å². The van der Waals surface area contributed by atoms with Crippen molar-refractivity contribution in [2.75, 3.05) is 7.11 Å². The second-order valence-electron chi connectivity index (χ2n) is 6.12. The summed E-state index contributed by atoms with van der Waals surface area (Å²) in [5.41, 5.74) is 3.01. The van der Waals surface area contributed by atoms with Crippen molar-refractivity contribution in [3.8, 4) is 6.07 Å². The molecule has 0 N–H and O–H groups in total. The number of aryl methyl sites for hydroxylation is 2. The van der Waals surface area contributed by atoms with Crippen LogP contribution in [-0.4, -0.2) is 23.6 Å². The molecule has 0 aliphatic heterocycles. The van der Waals surface area contributed by atoms with Crippen LogP contribution in [0.3, 0.4) is 0 Å². The first-order chi connectivity index (χ1) is 13.5. The molecule has 1 heterocycles. The molecular weight excluding hydrogens is 374 g/mol. The van der Waals surface area contributed by atoms with Gasteiger partial charge in [0.15, 0.2) is 4.80 Å². The maximum absolute atomic E-state index is 12.6. The van der Waals surface area contributed by atoms with E-state index >= 15 is 0 Å². The topological polar surface area (TPSA) is 84.5 Å². The van der Waals surface area contributed by atoms with E-state index in [1.54, 1.807) is 24.3 Å². The number of hydrogen-bond donors (Lipinski definition) is 0. The standard InChI is InChI=1S/C21H19N3O3S/c1-3-14-6-9-17-18(12-14)28-21(24(17)11-10-19(25)27-2)23-20(26)16-7-4-15(13-22)5-8-16/h4-9,12H,3,10-11H2,1-2H3. The third-order valence-corrected chi connectivity index (χ3v) is 5.42. The number of nitriles is 1. The molecule has 6 nitrogen and oxygen atoms in total. The van der Waals surface area contributed by atoms with E-state index in [2.05, 4.69) is 18.0 Å². The number of esters is 1. The van der Waals surface area contributed by atoms with Gasteiger partial charge in [-0.05, 0) is 48.4 Å². The molecule has 0 radical (unpaired) electrons. The van der Waals surface area contributed by atoms with Crippen molar-refractivity contribution in [1.82, 2.24) is 4.57 Å². The van der Waals surface area contributed by atoms with Crippen molar-refractivity contribution in [2.45, 2.75) is 26.3 Å². The van der Waals surface area contributed by atoms with E-state index in [1.807, 2.05) is 22.8 Å². The number of amides is 1. The number of nitrogens with zero attached hydrogens (tertiary/aromatic N) is 3. The van der Waals surface area contributed by atoms with E-state index in [0.29, 0.717) is 22.5 Å². The Balaban J connectivity index is 2.06. The third-order valence-electron chi connectivity index (χ3n) is 4.38. The van der Waals surface area contributed by atoms with E-state index in [0.717, 1.165) is 16.6 Å². The molecule has 0 atom stereocenters. The Morgan fingerprint density at radius 1 is 1.21 bits per heavy atom. The predicted octanol–water partition coefficient (Wildman–Crippen LogP) is 3.44. The fraction of sp³-hybridized carbons (Fsp3) is 0.238. The zero-order valence-electron chi connectivity index (χ0n) is 15.6. The van der Waals surface area contributed by atoms with Gasteiger partial charge in [0.25, 0.3) is 5.91 Å². The number of methoxy groups -OCH3 is 1. The number of hydrogen-bond acceptors (Lipinski definition) is 5. The molecule has 0 aliphatic rings. The number of benzene rings is 2. The first-order valence-electron chi connectivity index (χ1n) is 8.84. The van der Waals surface area contributed by atoms with Gasteiger partial charge in [-0.3, -0.25) is 9.59 Å². The first-order valence-corrected chi connectivity index (χ1v) is 9.65. The molecule has 1 amide bonds. The number of carbonyl (C=O) groups excluding carboxylic acids is 2. The van der Waals surface area contributed by atoms with Crippen LogP contribution in [-0.2, 0) is 22.5 Å². The Hall–Kier alpha value is -3.24. The minimum atomic E-state index is -0.390. The van der Waals surface area contributed by atoms with Gasteiger partial charge < -0.3 is 9.30 Å². The molecule has 0 aliphatic carbocycles. The molecule has 0 fully saturated rings. The Bertz CT molecular complexity index is 1130. The van der Waals surface area contributed by atoms with Crippen LogP contribution in [0.2, 0.25) is 0 Å². The highest BCUT2D eigenvalue weighted by Crippen LogP contribution is 2.20. The van der Waals surface area contributed by atoms with Crippen LogP contribution in [0.1, 0.15) is 34.8 Å². The number of ether oxygens (including phenoxy) is 1. The SMILES string of the molecule is CCc1ccc2c(c1)sc(=NC(=O)c1ccc(C#N)cc1)n2CCC(=O)OC. The van der Waals surface area contributed by atoms with E-state index in [-0.39, 0.29) is 12.4 Å². The minimum Gasteiger partial charge on any atom is -0.469 e. The first kappa shape index (κ1) is 19.5. The summed E-state index contributed by atoms with van der Waals surface area (Å²) in [6.07, 6.45) is 1.10. The molecule has 0 bridgehead atoms. The van der Waals surface area contributed by atoms with Gasteiger partial charge in [-0.15, -0.1) is 0 Å². The van der Waals surface area contributed by atoms with Crippen LogP contribution in [0, 0.1) is 11.3 Å². The lowest BCUT2D eigenvalue weighted by molar-refractivity contribution is -0.140. The van der Waals surface area contributed by atoms with Gasteiger partial charge in [0.05, 0.1) is 35.4 Å². The summed E-state index contributed by atoms with van der Waals surface area (Å²) in [4.78, 5) is 29.0. The zero-order valence-corrected chi connectivity index (χ0v) is 16.5. The summed E-state index contributed by atoms with van der Waals surface area (Å²) < 4.78 is 7.62. The highest BCUT2D eigenvalue weighted by Gasteiger charge is 2.11. The lowest BCUT2D eigenvalue weighted by Crippen LogP contribution is -2.19. The van der Waals surface area contributed by atoms with Gasteiger partial charge in [-0.25, -0.2) is 0 Å². The number of thiazole rings is 1. The Kier molecular flexibility index (Phi) is 6.02. The lowest BCUT2D eigenvalue weighted by atomic mass is 10.1. The normalized spacial score (nSPS) is 11.4. The molecule has 0 saturated carbocycles. The summed E-state index contributed by atoms with van der Waals surface area (Å²) in [5, 5.41) is 8.89. The number of carbonyl (C=O) groups is 2. The maximum atomic E-state index is 12.6. The Labute approximate surface area is 166 Å². The molecule has 3 rings (SSSR count). The minimum absolute atomic E-state index is 0.191. The second kappa shape index (κ2) is 8.63. The Morgan fingerprint density at radius 2 is 1.96 bits per heavy atom. The number of rotatable bonds is 5. The molecule has 2 aromatic carbocycles. The molecular formula is C21H19N3O3S. The van der Waals surface area contributed by atoms with Crippen molar-refractivity contribution in [3.05, 3.63) is 64.0 Å². The summed E-state index contributed by atoms with van der Waals surface area (Å²) >= 11 is 1.41. The molecule has 142 valence electrons. The number of aromatic nitrogens is 1. The number of fused-ring (bicyclic) bond motifs is 1. The maximum Gasteiger partial charge on any atom is 0.307 e. The lowest BCUT2D eigenvalue weighted by Gasteiger charge is -2.05. The summed E-state index contributed by atoms with van der Waals surface area (Å²) in [6, 6.07) is 14.5. The van der Waals surface area contributed by atoms with Gasteiger partial charge in [-0.2, -0.15) is 10.3 Å². The Morgan fingerprint density at radius 3 is 2.61 bits per heavy atom. The fourth-order valence-electron chi connectivity index (χ4n) is 2.78. The zero-order chi connectivity index (χ0) is 20.1. The van der Waals surface area contributed by atoms with Crippen molar-refractivity contribution < 1.29 is 14.3 Å². The summed E-state index contributed by atoms with van der Waals surface area (Å²) in [6.45, 7) is 2.46. The van der Waals surface area contributed by atoms with Gasteiger partial charge >= 0.3 is 5.97 Å². The van der Waals surface area contributed by atoms with Crippen LogP contribution in [0.15, 0.2) is 47.5 Å². The summed E-state index contributed by atoms with van der Waals surface area (Å²) in [7, 11) is 1.35. The van der Waals surface area contributed by atoms with Gasteiger partial charge in [0.2, 0.25) is 0 Å². The molecule has 0 spiro atoms. The molecule has 28 heavy (non-hydrogen) atoms. The van der Waals surface area contributed by atoms with E-state index < -0.39 is 5.91 Å². The van der Waals surface area contributed by atoms with Crippen LogP contribution >= 0.6 is 11.3 Å². The highest BCUT2D eigenvalue weighted by molar-refractivity contribution is 7.16. The van der Waals surface area contributed by atoms with E-state index in [9.17, 15) is 9.59 Å². The molecule has 3 aromatic rings. The summed E-state index contributed by atoms with van der Waals surface area (Å²) in [5.74, 6) is -0.708. The van der Waals surface area contributed by atoms with Crippen molar-refractivity contribution >= 4 is 33.4 Å². The fourth-order valence-corrected chi connectivity index (χ4v) is 3.90. The average Bonchev–Trinajstić information content (AvgIpc) is 3.07. The van der Waals surface area contributed by atoms with Crippen LogP contribution in [0.25, 0.3) is 10.2 Å². The highest BCUT2D eigenvalue weighted by atomic mass is 32.1. The van der Waals surface area contributed by atoms with Gasteiger partial charge in [0, 0.05) is 12.1 Å². The molecule has 0 saturated heterocycles. The largest absolute Gasteiger partial charge is 0.469 e.